The Morgan fingerprint density at radius 1 is 1.28 bits per heavy atom. The Labute approximate surface area is 159 Å². The van der Waals surface area contributed by atoms with Gasteiger partial charge in [-0.1, -0.05) is 22.0 Å². The van der Waals surface area contributed by atoms with Gasteiger partial charge in [0.2, 0.25) is 15.9 Å². The van der Waals surface area contributed by atoms with Gasteiger partial charge in [-0.2, -0.15) is 4.31 Å². The maximum absolute atomic E-state index is 12.7. The van der Waals surface area contributed by atoms with Crippen molar-refractivity contribution in [2.45, 2.75) is 18.2 Å². The lowest BCUT2D eigenvalue weighted by atomic mass is 10.2. The molecule has 0 saturated carbocycles. The van der Waals surface area contributed by atoms with Gasteiger partial charge in [0.1, 0.15) is 0 Å². The summed E-state index contributed by atoms with van der Waals surface area (Å²) >= 11 is 4.82. The number of benzene rings is 1. The topological polar surface area (TPSA) is 70.6 Å². The van der Waals surface area contributed by atoms with Crippen molar-refractivity contribution < 1.29 is 13.2 Å². The van der Waals surface area contributed by atoms with Crippen LogP contribution in [0.3, 0.4) is 0 Å². The molecule has 2 heterocycles. The molecule has 9 heteroatoms. The largest absolute Gasteiger partial charge is 0.340 e. The number of aromatic nitrogens is 1. The Kier molecular flexibility index (Phi) is 5.57. The summed E-state index contributed by atoms with van der Waals surface area (Å²) in [5, 5.41) is 2.83. The summed E-state index contributed by atoms with van der Waals surface area (Å²) in [7, 11) is -3.53. The maximum atomic E-state index is 12.7. The molecule has 0 unspecified atom stereocenters. The fourth-order valence-electron chi connectivity index (χ4n) is 2.71. The molecule has 1 aromatic heterocycles. The van der Waals surface area contributed by atoms with E-state index in [-0.39, 0.29) is 17.2 Å². The molecular weight excluding hydrogens is 426 g/mol. The van der Waals surface area contributed by atoms with Gasteiger partial charge in [-0.05, 0) is 25.1 Å². The van der Waals surface area contributed by atoms with E-state index >= 15 is 0 Å². The molecule has 0 aliphatic carbocycles. The van der Waals surface area contributed by atoms with E-state index in [1.165, 1.54) is 15.6 Å². The molecule has 1 aliphatic heterocycles. The third-order valence-electron chi connectivity index (χ3n) is 4.02. The average Bonchev–Trinajstić information content (AvgIpc) is 3.00. The highest BCUT2D eigenvalue weighted by Crippen LogP contribution is 2.21. The monoisotopic (exact) mass is 443 g/mol. The minimum absolute atomic E-state index is 0.00944. The summed E-state index contributed by atoms with van der Waals surface area (Å²) in [6, 6.07) is 6.67. The van der Waals surface area contributed by atoms with Gasteiger partial charge in [-0.15, -0.1) is 11.3 Å². The highest BCUT2D eigenvalue weighted by molar-refractivity contribution is 9.10. The minimum Gasteiger partial charge on any atom is -0.340 e. The van der Waals surface area contributed by atoms with Gasteiger partial charge < -0.3 is 4.90 Å². The molecule has 1 aliphatic rings. The maximum Gasteiger partial charge on any atom is 0.243 e. The van der Waals surface area contributed by atoms with Crippen LogP contribution in [-0.4, -0.2) is 54.7 Å². The van der Waals surface area contributed by atoms with Crippen LogP contribution in [0.5, 0.6) is 0 Å². The standard InChI is InChI=1S/C16H18BrN3O3S2/c1-12-18-14(11-24-12)10-16(21)19-5-7-20(8-6-19)25(22,23)15-4-2-3-13(17)9-15/h2-4,9,11H,5-8,10H2,1H3. The Morgan fingerprint density at radius 3 is 2.60 bits per heavy atom. The van der Waals surface area contributed by atoms with Crippen molar-refractivity contribution in [1.82, 2.24) is 14.2 Å². The Morgan fingerprint density at radius 2 is 2.00 bits per heavy atom. The number of nitrogens with zero attached hydrogens (tertiary/aromatic N) is 3. The zero-order valence-electron chi connectivity index (χ0n) is 13.7. The number of piperazine rings is 1. The van der Waals surface area contributed by atoms with Crippen molar-refractivity contribution in [3.63, 3.8) is 0 Å². The predicted molar refractivity (Wildman–Crippen MR) is 100 cm³/mol. The molecule has 1 amide bonds. The van der Waals surface area contributed by atoms with Gasteiger partial charge in [0.05, 0.1) is 22.0 Å². The highest BCUT2D eigenvalue weighted by Gasteiger charge is 2.30. The van der Waals surface area contributed by atoms with E-state index in [1.54, 1.807) is 29.2 Å². The second-order valence-corrected chi connectivity index (χ2v) is 9.69. The summed E-state index contributed by atoms with van der Waals surface area (Å²) in [6.45, 7) is 3.31. The number of amides is 1. The molecule has 3 rings (SSSR count). The lowest BCUT2D eigenvalue weighted by Crippen LogP contribution is -2.50. The van der Waals surface area contributed by atoms with Crippen molar-refractivity contribution >= 4 is 43.2 Å². The predicted octanol–water partition coefficient (Wildman–Crippen LogP) is 2.29. The van der Waals surface area contributed by atoms with Gasteiger partial charge in [0.25, 0.3) is 0 Å². The summed E-state index contributed by atoms with van der Waals surface area (Å²) in [4.78, 5) is 18.6. The quantitative estimate of drug-likeness (QED) is 0.726. The molecule has 0 bridgehead atoms. The zero-order valence-corrected chi connectivity index (χ0v) is 16.9. The molecule has 25 heavy (non-hydrogen) atoms. The minimum atomic E-state index is -3.53. The van der Waals surface area contributed by atoms with Crippen molar-refractivity contribution in [1.29, 1.82) is 0 Å². The van der Waals surface area contributed by atoms with Crippen molar-refractivity contribution in [3.8, 4) is 0 Å². The van der Waals surface area contributed by atoms with E-state index in [0.29, 0.717) is 26.2 Å². The van der Waals surface area contributed by atoms with Crippen LogP contribution < -0.4 is 0 Å². The molecule has 1 aromatic carbocycles. The fourth-order valence-corrected chi connectivity index (χ4v) is 5.34. The number of hydrogen-bond acceptors (Lipinski definition) is 5. The third-order valence-corrected chi connectivity index (χ3v) is 7.23. The van der Waals surface area contributed by atoms with Crippen molar-refractivity contribution in [2.24, 2.45) is 0 Å². The summed E-state index contributed by atoms with van der Waals surface area (Å²) < 4.78 is 27.6. The second-order valence-electron chi connectivity index (χ2n) is 5.78. The number of hydrogen-bond donors (Lipinski definition) is 0. The number of rotatable bonds is 4. The number of carbonyl (C=O) groups is 1. The summed E-state index contributed by atoms with van der Waals surface area (Å²) in [5.41, 5.74) is 0.775. The van der Waals surface area contributed by atoms with Crippen LogP contribution in [0.1, 0.15) is 10.7 Å². The van der Waals surface area contributed by atoms with Crippen LogP contribution in [-0.2, 0) is 21.2 Å². The molecule has 6 nitrogen and oxygen atoms in total. The van der Waals surface area contributed by atoms with Gasteiger partial charge in [-0.25, -0.2) is 13.4 Å². The van der Waals surface area contributed by atoms with E-state index < -0.39 is 10.0 Å². The number of halogens is 1. The molecule has 0 atom stereocenters. The Hall–Kier alpha value is -1.29. The average molecular weight is 444 g/mol. The van der Waals surface area contributed by atoms with Crippen molar-refractivity contribution in [3.05, 3.63) is 44.8 Å². The number of thiazole rings is 1. The highest BCUT2D eigenvalue weighted by atomic mass is 79.9. The SMILES string of the molecule is Cc1nc(CC(=O)N2CCN(S(=O)(=O)c3cccc(Br)c3)CC2)cs1. The number of carbonyl (C=O) groups excluding carboxylic acids is 1. The van der Waals surface area contributed by atoms with Gasteiger partial charge in [-0.3, -0.25) is 4.79 Å². The van der Waals surface area contributed by atoms with E-state index in [0.717, 1.165) is 15.2 Å². The van der Waals surface area contributed by atoms with Gasteiger partial charge >= 0.3 is 0 Å². The molecule has 2 aromatic rings. The van der Waals surface area contributed by atoms with Crippen LogP contribution in [0.15, 0.2) is 39.0 Å². The summed E-state index contributed by atoms with van der Waals surface area (Å²) in [5.74, 6) is -0.00944. The summed E-state index contributed by atoms with van der Waals surface area (Å²) in [6.07, 6.45) is 0.267. The van der Waals surface area contributed by atoms with Crippen LogP contribution in [0.2, 0.25) is 0 Å². The zero-order chi connectivity index (χ0) is 18.0. The van der Waals surface area contributed by atoms with Crippen LogP contribution >= 0.6 is 27.3 Å². The normalized spacial score (nSPS) is 16.2. The first-order valence-corrected chi connectivity index (χ1v) is 10.9. The van der Waals surface area contributed by atoms with Crippen LogP contribution in [0, 0.1) is 6.92 Å². The lowest BCUT2D eigenvalue weighted by molar-refractivity contribution is -0.131. The molecule has 0 radical (unpaired) electrons. The van der Waals surface area contributed by atoms with Crippen molar-refractivity contribution in [2.75, 3.05) is 26.2 Å². The number of sulfonamides is 1. The van der Waals surface area contributed by atoms with Crippen LogP contribution in [0.4, 0.5) is 0 Å². The first kappa shape index (κ1) is 18.5. The smallest absolute Gasteiger partial charge is 0.243 e. The first-order chi connectivity index (χ1) is 11.9. The Balaban J connectivity index is 1.62. The van der Waals surface area contributed by atoms with E-state index in [2.05, 4.69) is 20.9 Å². The third kappa shape index (κ3) is 4.28. The molecule has 0 N–H and O–H groups in total. The molecule has 134 valence electrons. The van der Waals surface area contributed by atoms with E-state index in [4.69, 9.17) is 0 Å². The van der Waals surface area contributed by atoms with Gasteiger partial charge in [0.15, 0.2) is 0 Å². The fraction of sp³-hybridized carbons (Fsp3) is 0.375. The van der Waals surface area contributed by atoms with Gasteiger partial charge in [0, 0.05) is 36.0 Å². The van der Waals surface area contributed by atoms with E-state index in [1.807, 2.05) is 12.3 Å². The van der Waals surface area contributed by atoms with Crippen LogP contribution in [0.25, 0.3) is 0 Å². The second kappa shape index (κ2) is 7.53. The molecular formula is C16H18BrN3O3S2. The number of aryl methyl sites for hydroxylation is 1. The lowest BCUT2D eigenvalue weighted by Gasteiger charge is -2.34. The van der Waals surface area contributed by atoms with E-state index in [9.17, 15) is 13.2 Å². The molecule has 0 spiro atoms. The first-order valence-electron chi connectivity index (χ1n) is 7.81. The molecule has 1 fully saturated rings. The molecule has 1 saturated heterocycles. The Bertz CT molecular complexity index is 874.